The Hall–Kier alpha value is -3.07. The minimum absolute atomic E-state index is 0.0247. The summed E-state index contributed by atoms with van der Waals surface area (Å²) >= 11 is 0. The minimum Gasteiger partial charge on any atom is -0.396 e. The molecule has 172 valence electrons. The molecular formula is C25H28N4O4. The zero-order chi connectivity index (χ0) is 23.3. The van der Waals surface area contributed by atoms with Crippen LogP contribution in [0.5, 0.6) is 0 Å². The Morgan fingerprint density at radius 3 is 2.61 bits per heavy atom. The van der Waals surface area contributed by atoms with E-state index in [1.54, 1.807) is 12.1 Å². The molecule has 5 rings (SSSR count). The van der Waals surface area contributed by atoms with Crippen molar-refractivity contribution in [1.82, 2.24) is 20.1 Å². The Balaban J connectivity index is 1.82. The molecule has 0 saturated heterocycles. The van der Waals surface area contributed by atoms with E-state index in [1.807, 2.05) is 39.0 Å². The van der Waals surface area contributed by atoms with Crippen molar-refractivity contribution in [1.29, 1.82) is 0 Å². The minimum atomic E-state index is -1.89. The van der Waals surface area contributed by atoms with Gasteiger partial charge < -0.3 is 24.8 Å². The Morgan fingerprint density at radius 1 is 1.18 bits per heavy atom. The lowest BCUT2D eigenvalue weighted by Crippen LogP contribution is -2.42. The number of aromatic nitrogens is 4. The lowest BCUT2D eigenvalue weighted by atomic mass is 9.81. The third-order valence-corrected chi connectivity index (χ3v) is 6.47. The Labute approximate surface area is 191 Å². The summed E-state index contributed by atoms with van der Waals surface area (Å²) in [6.45, 7) is 5.26. The van der Waals surface area contributed by atoms with Gasteiger partial charge in [0.05, 0.1) is 28.5 Å². The number of nitrogens with zero attached hydrogens (tertiary/aromatic N) is 3. The van der Waals surface area contributed by atoms with Crippen LogP contribution in [0.3, 0.4) is 0 Å². The summed E-state index contributed by atoms with van der Waals surface area (Å²) in [6.07, 6.45) is 0.815. The first kappa shape index (κ1) is 21.8. The van der Waals surface area contributed by atoms with Crippen LogP contribution in [0.25, 0.3) is 22.2 Å². The number of benzene rings is 1. The zero-order valence-electron chi connectivity index (χ0n) is 19.0. The smallest absolute Gasteiger partial charge is 0.159 e. The summed E-state index contributed by atoms with van der Waals surface area (Å²) in [5.41, 5.74) is 3.24. The van der Waals surface area contributed by atoms with E-state index in [9.17, 15) is 15.3 Å². The Kier molecular flexibility index (Phi) is 5.31. The van der Waals surface area contributed by atoms with Gasteiger partial charge in [0, 0.05) is 29.3 Å². The topological polar surface area (TPSA) is 128 Å². The molecule has 1 aliphatic rings. The van der Waals surface area contributed by atoms with Gasteiger partial charge in [-0.25, -0.2) is 4.98 Å². The zero-order valence-corrected chi connectivity index (χ0v) is 19.0. The molecule has 1 aromatic carbocycles. The molecule has 1 fully saturated rings. The molecule has 3 aromatic heterocycles. The van der Waals surface area contributed by atoms with Gasteiger partial charge in [-0.1, -0.05) is 11.2 Å². The molecule has 4 aromatic rings. The normalized spacial score (nSPS) is 16.8. The van der Waals surface area contributed by atoms with E-state index in [2.05, 4.69) is 15.1 Å². The number of nitrogens with one attached hydrogen (secondary N) is 1. The third kappa shape index (κ3) is 3.64. The number of aliphatic hydroxyl groups excluding tert-OH is 2. The first-order valence-electron chi connectivity index (χ1n) is 11.3. The average molecular weight is 449 g/mol. The second-order valence-electron chi connectivity index (χ2n) is 8.97. The summed E-state index contributed by atoms with van der Waals surface area (Å²) < 4.78 is 5.39. The van der Waals surface area contributed by atoms with E-state index in [0.29, 0.717) is 34.1 Å². The first-order valence-corrected chi connectivity index (χ1v) is 11.3. The molecule has 4 N–H and O–H groups in total. The summed E-state index contributed by atoms with van der Waals surface area (Å²) in [4.78, 5) is 12.8. The number of pyridine rings is 1. The molecule has 0 bridgehead atoms. The number of imidazole rings is 1. The van der Waals surface area contributed by atoms with Crippen molar-refractivity contribution in [2.45, 2.75) is 57.7 Å². The maximum Gasteiger partial charge on any atom is 0.159 e. The number of aromatic amines is 1. The van der Waals surface area contributed by atoms with Crippen molar-refractivity contribution in [2.75, 3.05) is 6.61 Å². The van der Waals surface area contributed by atoms with Crippen LogP contribution < -0.4 is 0 Å². The molecule has 0 aliphatic heterocycles. The number of fused-ring (bicyclic) bond motifs is 1. The highest BCUT2D eigenvalue weighted by atomic mass is 16.5. The molecule has 0 spiro atoms. The van der Waals surface area contributed by atoms with Gasteiger partial charge >= 0.3 is 0 Å². The highest BCUT2D eigenvalue weighted by Crippen LogP contribution is 2.43. The second-order valence-corrected chi connectivity index (χ2v) is 8.97. The maximum atomic E-state index is 12.2. The fourth-order valence-electron chi connectivity index (χ4n) is 4.59. The van der Waals surface area contributed by atoms with Gasteiger partial charge in [0.1, 0.15) is 11.6 Å². The van der Waals surface area contributed by atoms with Crippen LogP contribution in [0.4, 0.5) is 0 Å². The van der Waals surface area contributed by atoms with Crippen molar-refractivity contribution in [3.63, 3.8) is 0 Å². The number of hydrogen-bond donors (Lipinski definition) is 4. The van der Waals surface area contributed by atoms with Crippen molar-refractivity contribution in [2.24, 2.45) is 0 Å². The van der Waals surface area contributed by atoms with E-state index in [0.717, 1.165) is 41.0 Å². The van der Waals surface area contributed by atoms with E-state index in [4.69, 9.17) is 9.51 Å². The van der Waals surface area contributed by atoms with E-state index in [-0.39, 0.29) is 13.0 Å². The number of hydrogen-bond acceptors (Lipinski definition) is 7. The van der Waals surface area contributed by atoms with Gasteiger partial charge in [-0.2, -0.15) is 0 Å². The van der Waals surface area contributed by atoms with Crippen LogP contribution in [0.1, 0.15) is 59.4 Å². The predicted molar refractivity (Wildman–Crippen MR) is 123 cm³/mol. The standard InChI is InChI=1S/C25H28N4O4/c1-13-5-4-6-20(26-13)25(32,21(31)9-10-30)18-11-17(22-14(2)29-33-15(22)3)12-19-23(18)28-24(27-19)16-7-8-16/h4-6,11-12,16,21,30-32H,7-10H2,1-3H3,(H,27,28). The number of rotatable bonds is 7. The van der Waals surface area contributed by atoms with Gasteiger partial charge in [-0.05, 0) is 69.9 Å². The summed E-state index contributed by atoms with van der Waals surface area (Å²) in [6, 6.07) is 9.13. The molecule has 1 saturated carbocycles. The van der Waals surface area contributed by atoms with Gasteiger partial charge in [-0.3, -0.25) is 4.98 Å². The predicted octanol–water partition coefficient (Wildman–Crippen LogP) is 3.39. The van der Waals surface area contributed by atoms with Crippen molar-refractivity contribution >= 4 is 11.0 Å². The highest BCUT2D eigenvalue weighted by Gasteiger charge is 2.43. The van der Waals surface area contributed by atoms with Gasteiger partial charge in [-0.15, -0.1) is 0 Å². The van der Waals surface area contributed by atoms with Crippen LogP contribution in [0, 0.1) is 20.8 Å². The van der Waals surface area contributed by atoms with Crippen LogP contribution in [0.2, 0.25) is 0 Å². The second kappa shape index (κ2) is 8.06. The maximum absolute atomic E-state index is 12.2. The lowest BCUT2D eigenvalue weighted by Gasteiger charge is -2.33. The average Bonchev–Trinajstić information content (AvgIpc) is 3.47. The number of H-pyrrole nitrogens is 1. The molecule has 1 aliphatic carbocycles. The van der Waals surface area contributed by atoms with Crippen molar-refractivity contribution in [3.05, 3.63) is 64.6 Å². The van der Waals surface area contributed by atoms with Gasteiger partial charge in [0.2, 0.25) is 0 Å². The molecule has 8 nitrogen and oxygen atoms in total. The van der Waals surface area contributed by atoms with Crippen molar-refractivity contribution < 1.29 is 19.8 Å². The van der Waals surface area contributed by atoms with Crippen LogP contribution in [-0.2, 0) is 5.60 Å². The highest BCUT2D eigenvalue weighted by molar-refractivity contribution is 5.87. The van der Waals surface area contributed by atoms with Crippen LogP contribution >= 0.6 is 0 Å². The van der Waals surface area contributed by atoms with Crippen LogP contribution in [0.15, 0.2) is 34.9 Å². The van der Waals surface area contributed by atoms with E-state index in [1.165, 1.54) is 0 Å². The monoisotopic (exact) mass is 448 g/mol. The fraction of sp³-hybridized carbons (Fsp3) is 0.400. The quantitative estimate of drug-likeness (QED) is 0.341. The fourth-order valence-corrected chi connectivity index (χ4v) is 4.59. The van der Waals surface area contributed by atoms with Gasteiger partial charge in [0.25, 0.3) is 0 Å². The molecule has 2 unspecified atom stereocenters. The molecule has 0 radical (unpaired) electrons. The number of aryl methyl sites for hydroxylation is 3. The summed E-state index contributed by atoms with van der Waals surface area (Å²) in [5.74, 6) is 1.91. The largest absolute Gasteiger partial charge is 0.396 e. The lowest BCUT2D eigenvalue weighted by molar-refractivity contribution is -0.0608. The Bertz CT molecular complexity index is 1300. The SMILES string of the molecule is Cc1cccc(C(O)(c2cc(-c3c(C)noc3C)cc3[nH]c(C4CC4)nc23)C(O)CCO)n1. The van der Waals surface area contributed by atoms with Gasteiger partial charge in [0.15, 0.2) is 5.60 Å². The summed E-state index contributed by atoms with van der Waals surface area (Å²) in [7, 11) is 0. The molecule has 33 heavy (non-hydrogen) atoms. The first-order chi connectivity index (χ1) is 15.8. The van der Waals surface area contributed by atoms with E-state index < -0.39 is 11.7 Å². The molecule has 2 atom stereocenters. The molecule has 0 amide bonds. The van der Waals surface area contributed by atoms with Crippen LogP contribution in [-0.4, -0.2) is 48.1 Å². The number of aliphatic hydroxyl groups is 3. The Morgan fingerprint density at radius 2 is 1.97 bits per heavy atom. The molecular weight excluding hydrogens is 420 g/mol. The molecule has 3 heterocycles. The third-order valence-electron chi connectivity index (χ3n) is 6.47. The van der Waals surface area contributed by atoms with E-state index >= 15 is 0 Å². The summed E-state index contributed by atoms with van der Waals surface area (Å²) in [5, 5.41) is 37.0. The van der Waals surface area contributed by atoms with Crippen molar-refractivity contribution in [3.8, 4) is 11.1 Å². The molecule has 8 heteroatoms.